The Labute approximate surface area is 128 Å². The molecule has 0 aliphatic rings. The molecule has 0 spiro atoms. The van der Waals surface area contributed by atoms with Crippen molar-refractivity contribution in [3.8, 4) is 0 Å². The number of aromatic amines is 1. The van der Waals surface area contributed by atoms with Gasteiger partial charge in [-0.05, 0) is 29.9 Å². The van der Waals surface area contributed by atoms with Crippen molar-refractivity contribution in [1.82, 2.24) is 10.2 Å². The smallest absolute Gasteiger partial charge is 0.284 e. The second-order valence-electron chi connectivity index (χ2n) is 3.63. The molecule has 8 heteroatoms. The van der Waals surface area contributed by atoms with Crippen LogP contribution in [-0.4, -0.2) is 26.9 Å². The van der Waals surface area contributed by atoms with Crippen molar-refractivity contribution in [1.29, 1.82) is 0 Å². The monoisotopic (exact) mass is 338 g/mol. The highest BCUT2D eigenvalue weighted by Gasteiger charge is 2.09. The van der Waals surface area contributed by atoms with Gasteiger partial charge in [-0.15, -0.1) is 5.10 Å². The first-order valence-corrected chi connectivity index (χ1v) is 8.25. The first-order chi connectivity index (χ1) is 8.90. The molecule has 0 bridgehead atoms. The Morgan fingerprint density at radius 3 is 2.32 bits per heavy atom. The van der Waals surface area contributed by atoms with Crippen molar-refractivity contribution in [2.45, 2.75) is 6.42 Å². The SMILES string of the molecule is CS(C)=O.S=c1[nH]nc(Cc2c(Cl)cccc2Cl)o1. The number of nitrogens with zero attached hydrogens (tertiary/aromatic N) is 1. The molecular weight excluding hydrogens is 327 g/mol. The molecular formula is C11H12Cl2N2O2S2. The largest absolute Gasteiger partial charge is 0.414 e. The molecule has 0 saturated carbocycles. The quantitative estimate of drug-likeness (QED) is 0.849. The van der Waals surface area contributed by atoms with E-state index in [2.05, 4.69) is 10.2 Å². The molecule has 2 aromatic rings. The summed E-state index contributed by atoms with van der Waals surface area (Å²) in [6.07, 6.45) is 3.70. The van der Waals surface area contributed by atoms with E-state index in [0.717, 1.165) is 5.56 Å². The topological polar surface area (TPSA) is 58.9 Å². The summed E-state index contributed by atoms with van der Waals surface area (Å²) in [5, 5.41) is 7.60. The third-order valence-corrected chi connectivity index (χ3v) is 2.75. The molecule has 1 N–H and O–H groups in total. The van der Waals surface area contributed by atoms with Gasteiger partial charge in [0.05, 0.1) is 6.42 Å². The maximum absolute atomic E-state index is 9.56. The molecule has 1 aromatic carbocycles. The first-order valence-electron chi connectivity index (χ1n) is 5.12. The van der Waals surface area contributed by atoms with Crippen molar-refractivity contribution in [3.63, 3.8) is 0 Å². The van der Waals surface area contributed by atoms with Crippen LogP contribution in [0.25, 0.3) is 0 Å². The Morgan fingerprint density at radius 1 is 1.37 bits per heavy atom. The fraction of sp³-hybridized carbons (Fsp3) is 0.273. The molecule has 0 unspecified atom stereocenters. The fourth-order valence-electron chi connectivity index (χ4n) is 1.19. The number of benzene rings is 1. The van der Waals surface area contributed by atoms with E-state index in [1.807, 2.05) is 0 Å². The van der Waals surface area contributed by atoms with Gasteiger partial charge in [-0.25, -0.2) is 5.10 Å². The van der Waals surface area contributed by atoms with E-state index in [1.165, 1.54) is 0 Å². The van der Waals surface area contributed by atoms with Gasteiger partial charge in [0.25, 0.3) is 4.84 Å². The molecule has 0 fully saturated rings. The molecule has 0 aliphatic carbocycles. The standard InChI is InChI=1S/C9H6Cl2N2OS.C2H6OS/c10-6-2-1-3-7(11)5(6)4-8-12-13-9(15)14-8;1-4(2)3/h1-3H,4H2,(H,13,15);1-2H3. The second kappa shape index (κ2) is 7.79. The summed E-state index contributed by atoms with van der Waals surface area (Å²) in [6.45, 7) is 0. The summed E-state index contributed by atoms with van der Waals surface area (Å²) in [5.41, 5.74) is 0.783. The molecule has 19 heavy (non-hydrogen) atoms. The fourth-order valence-corrected chi connectivity index (χ4v) is 1.86. The molecule has 0 radical (unpaired) electrons. The summed E-state index contributed by atoms with van der Waals surface area (Å²) in [4.78, 5) is 0.244. The van der Waals surface area contributed by atoms with Crippen LogP contribution in [0.15, 0.2) is 22.6 Å². The van der Waals surface area contributed by atoms with Gasteiger partial charge in [0, 0.05) is 33.4 Å². The van der Waals surface area contributed by atoms with Gasteiger partial charge < -0.3 is 4.42 Å². The highest BCUT2D eigenvalue weighted by atomic mass is 35.5. The van der Waals surface area contributed by atoms with E-state index in [9.17, 15) is 4.21 Å². The normalized spacial score (nSPS) is 10.2. The van der Waals surface area contributed by atoms with Crippen LogP contribution in [0.1, 0.15) is 11.5 Å². The molecule has 1 heterocycles. The third-order valence-electron chi connectivity index (χ3n) is 1.87. The zero-order valence-corrected chi connectivity index (χ0v) is 13.4. The van der Waals surface area contributed by atoms with E-state index in [-0.39, 0.29) is 4.84 Å². The van der Waals surface area contributed by atoms with E-state index >= 15 is 0 Å². The lowest BCUT2D eigenvalue weighted by molar-refractivity contribution is 0.491. The average Bonchev–Trinajstić information content (AvgIpc) is 2.69. The Bertz CT molecular complexity index is 601. The Kier molecular flexibility index (Phi) is 6.71. The summed E-state index contributed by atoms with van der Waals surface area (Å²) in [5.74, 6) is 0.468. The molecule has 4 nitrogen and oxygen atoms in total. The van der Waals surface area contributed by atoms with E-state index in [4.69, 9.17) is 39.8 Å². The summed E-state index contributed by atoms with van der Waals surface area (Å²) >= 11 is 16.8. The number of hydrogen-bond donors (Lipinski definition) is 1. The number of hydrogen-bond acceptors (Lipinski definition) is 4. The molecule has 0 aliphatic heterocycles. The second-order valence-corrected chi connectivity index (χ2v) is 6.29. The van der Waals surface area contributed by atoms with Crippen LogP contribution in [0.5, 0.6) is 0 Å². The van der Waals surface area contributed by atoms with Crippen molar-refractivity contribution < 1.29 is 8.63 Å². The third kappa shape index (κ3) is 5.86. The van der Waals surface area contributed by atoms with Crippen molar-refractivity contribution in [3.05, 3.63) is 44.5 Å². The number of halogens is 2. The maximum atomic E-state index is 9.56. The zero-order valence-electron chi connectivity index (χ0n) is 10.3. The van der Waals surface area contributed by atoms with Crippen LogP contribution in [0.4, 0.5) is 0 Å². The molecule has 0 atom stereocenters. The van der Waals surface area contributed by atoms with E-state index < -0.39 is 10.8 Å². The Morgan fingerprint density at radius 2 is 1.89 bits per heavy atom. The summed E-state index contributed by atoms with van der Waals surface area (Å²) < 4.78 is 14.7. The Balaban J connectivity index is 0.000000399. The summed E-state index contributed by atoms with van der Waals surface area (Å²) in [7, 11) is -0.611. The summed E-state index contributed by atoms with van der Waals surface area (Å²) in [6, 6.07) is 5.32. The van der Waals surface area contributed by atoms with Gasteiger partial charge in [-0.3, -0.25) is 4.21 Å². The molecule has 0 amide bonds. The van der Waals surface area contributed by atoms with Crippen LogP contribution in [0.2, 0.25) is 10.0 Å². The first kappa shape index (κ1) is 16.4. The van der Waals surface area contributed by atoms with Crippen LogP contribution in [0, 0.1) is 4.84 Å². The highest BCUT2D eigenvalue weighted by molar-refractivity contribution is 7.83. The molecule has 0 saturated heterocycles. The predicted molar refractivity (Wildman–Crippen MR) is 80.9 cm³/mol. The molecule has 1 aromatic heterocycles. The van der Waals surface area contributed by atoms with Gasteiger partial charge in [-0.1, -0.05) is 29.3 Å². The minimum Gasteiger partial charge on any atom is -0.414 e. The number of H-pyrrole nitrogens is 1. The minimum absolute atomic E-state index is 0.244. The number of rotatable bonds is 2. The lowest BCUT2D eigenvalue weighted by Gasteiger charge is -2.02. The van der Waals surface area contributed by atoms with E-state index in [1.54, 1.807) is 30.7 Å². The molecule has 104 valence electrons. The maximum Gasteiger partial charge on any atom is 0.284 e. The molecule has 2 rings (SSSR count). The lowest BCUT2D eigenvalue weighted by atomic mass is 10.1. The van der Waals surface area contributed by atoms with Gasteiger partial charge >= 0.3 is 0 Å². The van der Waals surface area contributed by atoms with Crippen LogP contribution in [0.3, 0.4) is 0 Å². The van der Waals surface area contributed by atoms with Crippen molar-refractivity contribution in [2.75, 3.05) is 12.5 Å². The zero-order chi connectivity index (χ0) is 14.4. The van der Waals surface area contributed by atoms with Gasteiger partial charge in [0.15, 0.2) is 0 Å². The van der Waals surface area contributed by atoms with Crippen LogP contribution >= 0.6 is 35.4 Å². The lowest BCUT2D eigenvalue weighted by Crippen LogP contribution is -1.91. The van der Waals surface area contributed by atoms with Gasteiger partial charge in [0.2, 0.25) is 5.89 Å². The average molecular weight is 339 g/mol. The van der Waals surface area contributed by atoms with Crippen molar-refractivity contribution in [2.24, 2.45) is 0 Å². The van der Waals surface area contributed by atoms with Crippen LogP contribution < -0.4 is 0 Å². The van der Waals surface area contributed by atoms with Gasteiger partial charge in [0.1, 0.15) is 0 Å². The number of aromatic nitrogens is 2. The van der Waals surface area contributed by atoms with Gasteiger partial charge in [-0.2, -0.15) is 0 Å². The minimum atomic E-state index is -0.611. The Hall–Kier alpha value is -0.690. The number of nitrogens with one attached hydrogen (secondary N) is 1. The predicted octanol–water partition coefficient (Wildman–Crippen LogP) is 3.62. The highest BCUT2D eigenvalue weighted by Crippen LogP contribution is 2.26. The van der Waals surface area contributed by atoms with Crippen LogP contribution in [-0.2, 0) is 17.2 Å². The van der Waals surface area contributed by atoms with Crippen molar-refractivity contribution >= 4 is 46.2 Å². The van der Waals surface area contributed by atoms with E-state index in [0.29, 0.717) is 22.4 Å².